The highest BCUT2D eigenvalue weighted by atomic mass is 127. The van der Waals surface area contributed by atoms with Gasteiger partial charge in [-0.1, -0.05) is 18.9 Å². The number of likely N-dealkylation sites (N-methyl/N-ethyl adjacent to an activating group) is 1. The average Bonchev–Trinajstić information content (AvgIpc) is 2.43. The van der Waals surface area contributed by atoms with E-state index >= 15 is 0 Å². The predicted molar refractivity (Wildman–Crippen MR) is 87.5 cm³/mol. The maximum Gasteiger partial charge on any atom is 0.0169 e. The van der Waals surface area contributed by atoms with E-state index in [1.54, 1.807) is 11.1 Å². The molecule has 0 amide bonds. The third-order valence-electron chi connectivity index (χ3n) is 6.08. The molecule has 0 N–H and O–H groups in total. The zero-order chi connectivity index (χ0) is 13.0. The quantitative estimate of drug-likeness (QED) is 0.627. The van der Waals surface area contributed by atoms with Gasteiger partial charge in [0.05, 0.1) is 0 Å². The first-order valence-electron chi connectivity index (χ1n) is 7.70. The molecule has 102 valence electrons. The Bertz CT molecular complexity index is 512. The normalized spacial score (nSPS) is 37.6. The Hall–Kier alpha value is -0.0900. The zero-order valence-electron chi connectivity index (χ0n) is 11.7. The number of benzene rings is 1. The minimum atomic E-state index is 0.532. The van der Waals surface area contributed by atoms with Gasteiger partial charge in [-0.3, -0.25) is 0 Å². The van der Waals surface area contributed by atoms with Crippen LogP contribution in [0.1, 0.15) is 43.2 Å². The van der Waals surface area contributed by atoms with E-state index < -0.39 is 0 Å². The van der Waals surface area contributed by atoms with Crippen LogP contribution in [-0.2, 0) is 11.8 Å². The Morgan fingerprint density at radius 1 is 1.26 bits per heavy atom. The molecule has 3 atom stereocenters. The molecule has 4 rings (SSSR count). The van der Waals surface area contributed by atoms with Gasteiger partial charge >= 0.3 is 0 Å². The van der Waals surface area contributed by atoms with E-state index in [9.17, 15) is 0 Å². The molecule has 1 saturated heterocycles. The zero-order valence-corrected chi connectivity index (χ0v) is 13.8. The summed E-state index contributed by atoms with van der Waals surface area (Å²) in [7, 11) is 2.35. The number of likely N-dealkylation sites (tertiary alicyclic amines) is 1. The van der Waals surface area contributed by atoms with E-state index in [2.05, 4.69) is 52.7 Å². The van der Waals surface area contributed by atoms with Crippen molar-refractivity contribution in [2.45, 2.75) is 50.0 Å². The first kappa shape index (κ1) is 12.6. The lowest BCUT2D eigenvalue weighted by atomic mass is 9.52. The molecule has 2 fully saturated rings. The smallest absolute Gasteiger partial charge is 0.0169 e. The van der Waals surface area contributed by atoms with Crippen LogP contribution in [0.2, 0.25) is 0 Å². The van der Waals surface area contributed by atoms with Crippen LogP contribution in [0.25, 0.3) is 0 Å². The Morgan fingerprint density at radius 3 is 3.05 bits per heavy atom. The van der Waals surface area contributed by atoms with E-state index in [1.165, 1.54) is 48.6 Å². The molecular weight excluding hydrogens is 345 g/mol. The molecule has 0 unspecified atom stereocenters. The molecule has 0 spiro atoms. The second kappa shape index (κ2) is 4.45. The number of hydrogen-bond acceptors (Lipinski definition) is 1. The van der Waals surface area contributed by atoms with Crippen LogP contribution in [-0.4, -0.2) is 24.5 Å². The monoisotopic (exact) mass is 367 g/mol. The Morgan fingerprint density at radius 2 is 2.16 bits per heavy atom. The fourth-order valence-electron chi connectivity index (χ4n) is 5.17. The van der Waals surface area contributed by atoms with E-state index in [0.717, 1.165) is 12.0 Å². The molecule has 2 bridgehead atoms. The van der Waals surface area contributed by atoms with Crippen molar-refractivity contribution >= 4 is 22.6 Å². The number of halogens is 1. The average molecular weight is 367 g/mol. The topological polar surface area (TPSA) is 3.24 Å². The van der Waals surface area contributed by atoms with Crippen molar-refractivity contribution in [2.24, 2.45) is 5.92 Å². The lowest BCUT2D eigenvalue weighted by Crippen LogP contribution is -2.59. The maximum absolute atomic E-state index is 2.65. The molecular formula is C17H22IN. The van der Waals surface area contributed by atoms with Crippen molar-refractivity contribution in [3.63, 3.8) is 0 Å². The molecule has 0 radical (unpaired) electrons. The summed E-state index contributed by atoms with van der Waals surface area (Å²) in [5.74, 6) is 0.922. The summed E-state index contributed by atoms with van der Waals surface area (Å²) in [6.07, 6.45) is 8.47. The Labute approximate surface area is 129 Å². The molecule has 1 aliphatic heterocycles. The Kier molecular flexibility index (Phi) is 2.96. The van der Waals surface area contributed by atoms with Gasteiger partial charge in [-0.05, 0) is 91.0 Å². The third kappa shape index (κ3) is 1.75. The van der Waals surface area contributed by atoms with Gasteiger partial charge < -0.3 is 4.90 Å². The van der Waals surface area contributed by atoms with Crippen molar-refractivity contribution in [2.75, 3.05) is 13.6 Å². The lowest BCUT2D eigenvalue weighted by Gasteiger charge is -2.58. The molecule has 1 saturated carbocycles. The predicted octanol–water partition coefficient (Wildman–Crippen LogP) is 3.98. The van der Waals surface area contributed by atoms with Crippen molar-refractivity contribution in [3.05, 3.63) is 32.9 Å². The standard InChI is InChI=1S/C17H22IN/c1-19-9-8-17-7-3-2-4-14(17)16(19)10-12-5-6-13(18)11-15(12)17/h5-6,11,14,16H,2-4,7-10H2,1H3/t14-,16+,17+/m1/s1. The summed E-state index contributed by atoms with van der Waals surface area (Å²) in [5.41, 5.74) is 3.91. The van der Waals surface area contributed by atoms with Gasteiger partial charge in [0.2, 0.25) is 0 Å². The van der Waals surface area contributed by atoms with Crippen LogP contribution >= 0.6 is 22.6 Å². The van der Waals surface area contributed by atoms with Crippen LogP contribution in [0.5, 0.6) is 0 Å². The molecule has 2 heteroatoms. The summed E-state index contributed by atoms with van der Waals surface area (Å²) in [6, 6.07) is 8.03. The van der Waals surface area contributed by atoms with E-state index in [1.807, 2.05) is 0 Å². The molecule has 2 aliphatic carbocycles. The Balaban J connectivity index is 1.90. The van der Waals surface area contributed by atoms with Gasteiger partial charge in [0, 0.05) is 15.0 Å². The molecule has 3 aliphatic rings. The van der Waals surface area contributed by atoms with Crippen LogP contribution < -0.4 is 0 Å². The second-order valence-electron chi connectivity index (χ2n) is 6.81. The molecule has 0 aromatic heterocycles. The number of nitrogens with zero attached hydrogens (tertiary/aromatic N) is 1. The minimum Gasteiger partial charge on any atom is -0.303 e. The molecule has 1 heterocycles. The van der Waals surface area contributed by atoms with Gasteiger partial charge in [-0.25, -0.2) is 0 Å². The largest absolute Gasteiger partial charge is 0.303 e. The number of fused-ring (bicyclic) bond motifs is 1. The SMILES string of the molecule is CN1CC[C@@]23CCCC[C@@H]2[C@@H]1Cc1ccc(I)cc13. The van der Waals surface area contributed by atoms with Crippen molar-refractivity contribution in [3.8, 4) is 0 Å². The summed E-state index contributed by atoms with van der Waals surface area (Å²) in [6.45, 7) is 1.30. The number of rotatable bonds is 0. The van der Waals surface area contributed by atoms with Gasteiger partial charge in [0.25, 0.3) is 0 Å². The molecule has 19 heavy (non-hydrogen) atoms. The van der Waals surface area contributed by atoms with Crippen molar-refractivity contribution < 1.29 is 0 Å². The number of piperidine rings is 1. The third-order valence-corrected chi connectivity index (χ3v) is 6.75. The highest BCUT2D eigenvalue weighted by Gasteiger charge is 2.52. The molecule has 1 aromatic carbocycles. The van der Waals surface area contributed by atoms with Crippen molar-refractivity contribution in [1.82, 2.24) is 4.90 Å². The van der Waals surface area contributed by atoms with Crippen LogP contribution in [0.15, 0.2) is 18.2 Å². The highest BCUT2D eigenvalue weighted by molar-refractivity contribution is 14.1. The lowest BCUT2D eigenvalue weighted by molar-refractivity contribution is 0.00282. The van der Waals surface area contributed by atoms with Crippen molar-refractivity contribution in [1.29, 1.82) is 0 Å². The number of hydrogen-bond donors (Lipinski definition) is 0. The molecule has 1 aromatic rings. The first-order valence-corrected chi connectivity index (χ1v) is 8.78. The summed E-state index contributed by atoms with van der Waals surface area (Å²) in [5, 5.41) is 0. The second-order valence-corrected chi connectivity index (χ2v) is 8.06. The van der Waals surface area contributed by atoms with Crippen LogP contribution in [0.4, 0.5) is 0 Å². The van der Waals surface area contributed by atoms with Gasteiger partial charge in [-0.15, -0.1) is 0 Å². The fraction of sp³-hybridized carbons (Fsp3) is 0.647. The minimum absolute atomic E-state index is 0.532. The van der Waals surface area contributed by atoms with Crippen LogP contribution in [0.3, 0.4) is 0 Å². The fourth-order valence-corrected chi connectivity index (χ4v) is 5.66. The molecule has 1 nitrogen and oxygen atoms in total. The van der Waals surface area contributed by atoms with Gasteiger partial charge in [0.1, 0.15) is 0 Å². The van der Waals surface area contributed by atoms with E-state index in [4.69, 9.17) is 0 Å². The summed E-state index contributed by atoms with van der Waals surface area (Å²) in [4.78, 5) is 2.65. The summed E-state index contributed by atoms with van der Waals surface area (Å²) < 4.78 is 1.42. The van der Waals surface area contributed by atoms with E-state index in [-0.39, 0.29) is 0 Å². The summed E-state index contributed by atoms with van der Waals surface area (Å²) >= 11 is 2.49. The first-order chi connectivity index (χ1) is 9.21. The van der Waals surface area contributed by atoms with Gasteiger partial charge in [0.15, 0.2) is 0 Å². The van der Waals surface area contributed by atoms with Crippen LogP contribution in [0, 0.1) is 9.49 Å². The maximum atomic E-state index is 2.65. The van der Waals surface area contributed by atoms with E-state index in [0.29, 0.717) is 5.41 Å². The highest BCUT2D eigenvalue weighted by Crippen LogP contribution is 2.55. The van der Waals surface area contributed by atoms with Gasteiger partial charge in [-0.2, -0.15) is 0 Å².